The number of phosphoric ester groups is 1. The molecule has 1 saturated heterocycles. The van der Waals surface area contributed by atoms with Crippen LogP contribution in [0.2, 0.25) is 0 Å². The molecule has 180 valence electrons. The van der Waals surface area contributed by atoms with E-state index in [9.17, 15) is 23.9 Å². The molecular formula is C13H19N8O10P2+. The van der Waals surface area contributed by atoms with Crippen molar-refractivity contribution in [3.8, 4) is 0 Å². The first-order valence-electron chi connectivity index (χ1n) is 8.81. The van der Waals surface area contributed by atoms with E-state index in [1.807, 2.05) is 0 Å². The van der Waals surface area contributed by atoms with Crippen molar-refractivity contribution in [3.05, 3.63) is 39.4 Å². The average molecular weight is 509 g/mol. The second-order valence-electron chi connectivity index (χ2n) is 6.86. The summed E-state index contributed by atoms with van der Waals surface area (Å²) in [5, 5.41) is 14.2. The normalized spacial score (nSPS) is 25.0. The number of imidazole rings is 1. The number of hydrogen-bond donors (Lipinski definition) is 6. The lowest BCUT2D eigenvalue weighted by Gasteiger charge is -2.20. The smallest absolute Gasteiger partial charge is 0.386 e. The number of aromatic nitrogens is 4. The Bertz CT molecular complexity index is 1300. The zero-order valence-corrected chi connectivity index (χ0v) is 18.5. The third-order valence-electron chi connectivity index (χ3n) is 4.61. The molecule has 0 radical (unpaired) electrons. The largest absolute Gasteiger partial charge is 0.481 e. The molecule has 7 N–H and O–H groups in total. The van der Waals surface area contributed by atoms with Gasteiger partial charge >= 0.3 is 21.3 Å². The summed E-state index contributed by atoms with van der Waals surface area (Å²) < 4.78 is 39.3. The maximum atomic E-state index is 12.2. The van der Waals surface area contributed by atoms with Crippen LogP contribution in [0.15, 0.2) is 28.5 Å². The number of fused-ring (bicyclic) bond motifs is 1. The highest BCUT2D eigenvalue weighted by Gasteiger charge is 2.49. The molecule has 0 bridgehead atoms. The number of rotatable bonds is 8. The monoisotopic (exact) mass is 509 g/mol. The number of nitrogens with one attached hydrogen (secondary N) is 1. The van der Waals surface area contributed by atoms with Crippen molar-refractivity contribution >= 4 is 32.8 Å². The van der Waals surface area contributed by atoms with Gasteiger partial charge in [-0.3, -0.25) is 18.9 Å². The number of aryl methyl sites for hydroxylation is 1. The molecule has 3 heterocycles. The summed E-state index contributed by atoms with van der Waals surface area (Å²) in [7, 11) is -9.09. The molecule has 0 aromatic carbocycles. The van der Waals surface area contributed by atoms with E-state index in [4.69, 9.17) is 25.8 Å². The van der Waals surface area contributed by atoms with Gasteiger partial charge in [-0.1, -0.05) is 16.7 Å². The molecule has 0 spiro atoms. The Labute approximate surface area is 183 Å². The van der Waals surface area contributed by atoms with Crippen LogP contribution in [0.25, 0.3) is 21.6 Å². The molecule has 1 fully saturated rings. The van der Waals surface area contributed by atoms with Crippen molar-refractivity contribution in [2.24, 2.45) is 18.1 Å². The fourth-order valence-electron chi connectivity index (χ4n) is 3.43. The van der Waals surface area contributed by atoms with Crippen molar-refractivity contribution < 1.29 is 47.1 Å². The number of nitrogens with two attached hydrogens (primary N) is 1. The second-order valence-corrected chi connectivity index (χ2v) is 9.69. The molecule has 2 aromatic rings. The summed E-state index contributed by atoms with van der Waals surface area (Å²) >= 11 is 0. The van der Waals surface area contributed by atoms with E-state index in [0.717, 1.165) is 0 Å². The fourth-order valence-corrected chi connectivity index (χ4v) is 5.03. The molecule has 2 aromatic heterocycles. The molecule has 3 rings (SSSR count). The number of anilines is 1. The fraction of sp³-hybridized carbons (Fsp3) is 0.462. The molecule has 1 aliphatic rings. The number of aromatic amines is 1. The van der Waals surface area contributed by atoms with Gasteiger partial charge < -0.3 is 30.3 Å². The lowest BCUT2D eigenvalue weighted by Crippen LogP contribution is -2.45. The summed E-state index contributed by atoms with van der Waals surface area (Å²) in [6.45, 7) is 2.71. The van der Waals surface area contributed by atoms with Gasteiger partial charge in [0, 0.05) is 16.5 Å². The minimum Gasteiger partial charge on any atom is -0.386 e. The van der Waals surface area contributed by atoms with Gasteiger partial charge in [-0.2, -0.15) is 4.31 Å². The Morgan fingerprint density at radius 3 is 2.79 bits per heavy atom. The number of hydrogen-bond acceptors (Lipinski definition) is 10. The van der Waals surface area contributed by atoms with Gasteiger partial charge in [0.05, 0.1) is 19.8 Å². The van der Waals surface area contributed by atoms with Crippen LogP contribution < -0.4 is 15.9 Å². The average Bonchev–Trinajstić information content (AvgIpc) is 3.15. The van der Waals surface area contributed by atoms with Gasteiger partial charge in [0.2, 0.25) is 11.7 Å². The summed E-state index contributed by atoms with van der Waals surface area (Å²) in [5.74, 6) is -1.42. The summed E-state index contributed by atoms with van der Waals surface area (Å²) in [4.78, 5) is 48.1. The summed E-state index contributed by atoms with van der Waals surface area (Å²) in [6.07, 6.45) is -2.75. The van der Waals surface area contributed by atoms with Crippen LogP contribution in [0.5, 0.6) is 0 Å². The van der Waals surface area contributed by atoms with Crippen LogP contribution in [0.1, 0.15) is 6.23 Å². The Kier molecular flexibility index (Phi) is 6.79. The predicted octanol–water partition coefficient (Wildman–Crippen LogP) is -0.944. The van der Waals surface area contributed by atoms with Crippen LogP contribution in [-0.4, -0.2) is 53.1 Å². The molecule has 0 amide bonds. The van der Waals surface area contributed by atoms with E-state index < -0.39 is 52.2 Å². The van der Waals surface area contributed by atoms with Crippen molar-refractivity contribution in [2.75, 3.05) is 12.3 Å². The van der Waals surface area contributed by atoms with Crippen LogP contribution in [-0.2, 0) is 29.7 Å². The first-order valence-corrected chi connectivity index (χ1v) is 11.8. The van der Waals surface area contributed by atoms with Gasteiger partial charge in [-0.05, 0) is 5.53 Å². The minimum atomic E-state index is -5.37. The summed E-state index contributed by atoms with van der Waals surface area (Å²) in [6, 6.07) is 0. The SMILES string of the molecule is C=C(N=[N+]=[N-])[C@H]1[C@@H](O)[C@H]([n+]2cn(C)c3c(=O)[nH]c(N)nc32)O[C@@H]1COP(=O)(O)OP(=O)(O)O. The first kappa shape index (κ1) is 25.0. The third-order valence-corrected chi connectivity index (χ3v) is 6.76. The minimum absolute atomic E-state index is 0.0233. The van der Waals surface area contributed by atoms with Gasteiger partial charge in [0.25, 0.3) is 11.5 Å². The van der Waals surface area contributed by atoms with E-state index in [2.05, 4.69) is 35.4 Å². The number of ether oxygens (including phenoxy) is 1. The van der Waals surface area contributed by atoms with E-state index in [0.29, 0.717) is 0 Å². The van der Waals surface area contributed by atoms with E-state index in [1.54, 1.807) is 0 Å². The maximum absolute atomic E-state index is 12.2. The molecule has 5 atom stereocenters. The molecule has 0 aliphatic carbocycles. The van der Waals surface area contributed by atoms with Crippen LogP contribution in [0.3, 0.4) is 0 Å². The number of aliphatic hydroxyl groups is 1. The zero-order valence-electron chi connectivity index (χ0n) is 16.7. The van der Waals surface area contributed by atoms with Gasteiger partial charge in [-0.25, -0.2) is 13.7 Å². The maximum Gasteiger partial charge on any atom is 0.481 e. The lowest BCUT2D eigenvalue weighted by atomic mass is 9.95. The molecular weight excluding hydrogens is 490 g/mol. The quantitative estimate of drug-likeness (QED) is 0.0827. The van der Waals surface area contributed by atoms with Gasteiger partial charge in [0.1, 0.15) is 6.10 Å². The van der Waals surface area contributed by atoms with E-state index >= 15 is 0 Å². The Morgan fingerprint density at radius 1 is 1.52 bits per heavy atom. The zero-order chi connectivity index (χ0) is 24.7. The lowest BCUT2D eigenvalue weighted by molar-refractivity contribution is -0.745. The third kappa shape index (κ3) is 5.31. The van der Waals surface area contributed by atoms with Gasteiger partial charge in [0.15, 0.2) is 6.33 Å². The highest BCUT2D eigenvalue weighted by molar-refractivity contribution is 7.60. The van der Waals surface area contributed by atoms with Crippen LogP contribution >= 0.6 is 15.6 Å². The number of azide groups is 1. The molecule has 33 heavy (non-hydrogen) atoms. The van der Waals surface area contributed by atoms with Crippen molar-refractivity contribution in [2.45, 2.75) is 18.4 Å². The standard InChI is InChI=1S/C13H18N8O10P2/c1-5(18-19-15)7-6(3-29-33(27,28)31-32(24,25)26)30-12(9(7)22)21-4-20(2)8-10(21)16-13(14)17-11(8)23/h4,6-7,9,12,22H,1,3H2,2H3,(H5-,14,16,17,23,24,25,26,27,28)/p+1/t6-,7-,9-,12-/m1/s1. The summed E-state index contributed by atoms with van der Waals surface area (Å²) in [5.41, 5.74) is 13.6. The molecule has 0 saturated carbocycles. The van der Waals surface area contributed by atoms with Crippen molar-refractivity contribution in [1.29, 1.82) is 0 Å². The van der Waals surface area contributed by atoms with Crippen LogP contribution in [0, 0.1) is 5.92 Å². The van der Waals surface area contributed by atoms with Gasteiger partial charge in [-0.15, -0.1) is 0 Å². The second kappa shape index (κ2) is 8.96. The highest BCUT2D eigenvalue weighted by atomic mass is 31.3. The number of H-pyrrole nitrogens is 1. The number of nitrogens with zero attached hydrogens (tertiary/aromatic N) is 6. The topological polar surface area (TPSA) is 272 Å². The number of aliphatic hydroxyl groups excluding tert-OH is 1. The Hall–Kier alpha value is -2.62. The number of nitrogen functional groups attached to an aromatic ring is 1. The highest BCUT2D eigenvalue weighted by Crippen LogP contribution is 2.58. The van der Waals surface area contributed by atoms with Crippen molar-refractivity contribution in [1.82, 2.24) is 14.5 Å². The Balaban J connectivity index is 1.98. The molecule has 1 unspecified atom stereocenters. The first-order chi connectivity index (χ1) is 15.2. The van der Waals surface area contributed by atoms with E-state index in [1.165, 1.54) is 22.5 Å². The van der Waals surface area contributed by atoms with E-state index in [-0.39, 0.29) is 22.8 Å². The Morgan fingerprint density at radius 2 is 2.18 bits per heavy atom. The molecule has 1 aliphatic heterocycles. The molecule has 18 nitrogen and oxygen atoms in total. The van der Waals surface area contributed by atoms with Crippen molar-refractivity contribution in [3.63, 3.8) is 0 Å². The predicted molar refractivity (Wildman–Crippen MR) is 107 cm³/mol. The van der Waals surface area contributed by atoms with Crippen LogP contribution in [0.4, 0.5) is 5.95 Å². The number of phosphoric acid groups is 2. The molecule has 20 heteroatoms.